The van der Waals surface area contributed by atoms with Gasteiger partial charge in [-0.15, -0.1) is 0 Å². The van der Waals surface area contributed by atoms with Crippen LogP contribution in [-0.2, 0) is 11.3 Å². The highest BCUT2D eigenvalue weighted by Crippen LogP contribution is 2.19. The molecule has 2 N–H and O–H groups in total. The molecular weight excluding hydrogens is 385 g/mol. The maximum atomic E-state index is 13.2. The van der Waals surface area contributed by atoms with Crippen LogP contribution in [0.4, 0.5) is 14.9 Å². The van der Waals surface area contributed by atoms with Crippen LogP contribution in [-0.4, -0.2) is 35.2 Å². The summed E-state index contributed by atoms with van der Waals surface area (Å²) in [4.78, 5) is 30.2. The molecule has 30 heavy (non-hydrogen) atoms. The number of carbonyl (C=O) groups excluding carboxylic acids is 1. The van der Waals surface area contributed by atoms with Crippen LogP contribution in [0.1, 0.15) is 24.0 Å². The average molecular weight is 409 g/mol. The predicted molar refractivity (Wildman–Crippen MR) is 114 cm³/mol. The molecule has 1 unspecified atom stereocenters. The highest BCUT2D eigenvalue weighted by atomic mass is 19.1. The lowest BCUT2D eigenvalue weighted by Gasteiger charge is -2.25. The Kier molecular flexibility index (Phi) is 5.81. The zero-order valence-corrected chi connectivity index (χ0v) is 16.8. The van der Waals surface area contributed by atoms with E-state index in [1.807, 2.05) is 31.2 Å². The maximum absolute atomic E-state index is 13.2. The van der Waals surface area contributed by atoms with Crippen molar-refractivity contribution < 1.29 is 13.9 Å². The first-order chi connectivity index (χ1) is 14.5. The van der Waals surface area contributed by atoms with E-state index in [-0.39, 0.29) is 30.1 Å². The first-order valence-corrected chi connectivity index (χ1v) is 10.0. The molecule has 156 valence electrons. The number of aryl methyl sites for hydroxylation is 1. The topological polar surface area (TPSA) is 74.4 Å². The van der Waals surface area contributed by atoms with Crippen molar-refractivity contribution in [3.05, 3.63) is 75.8 Å². The summed E-state index contributed by atoms with van der Waals surface area (Å²) in [7, 11) is 0. The maximum Gasteiger partial charge on any atom is 0.322 e. The number of halogens is 1. The van der Waals surface area contributed by atoms with Gasteiger partial charge in [0.2, 0.25) is 0 Å². The zero-order valence-electron chi connectivity index (χ0n) is 16.8. The summed E-state index contributed by atoms with van der Waals surface area (Å²) in [5, 5.41) is 3.70. The summed E-state index contributed by atoms with van der Waals surface area (Å²) in [6, 6.07) is 12.9. The van der Waals surface area contributed by atoms with Crippen LogP contribution < -0.4 is 10.9 Å². The second-order valence-electron chi connectivity index (χ2n) is 7.62. The Labute approximate surface area is 173 Å². The molecule has 0 saturated carbocycles. The lowest BCUT2D eigenvalue weighted by Crippen LogP contribution is -2.40. The van der Waals surface area contributed by atoms with E-state index in [0.29, 0.717) is 24.4 Å². The van der Waals surface area contributed by atoms with Crippen LogP contribution in [0, 0.1) is 12.7 Å². The van der Waals surface area contributed by atoms with Crippen molar-refractivity contribution in [2.24, 2.45) is 0 Å². The number of anilines is 1. The first-order valence-electron chi connectivity index (χ1n) is 10.0. The van der Waals surface area contributed by atoms with Gasteiger partial charge in [0, 0.05) is 24.4 Å². The Morgan fingerprint density at radius 2 is 2.07 bits per heavy atom. The molecule has 2 aromatic carbocycles. The molecule has 0 aliphatic carbocycles. The van der Waals surface area contributed by atoms with Crippen molar-refractivity contribution in [2.45, 2.75) is 32.4 Å². The first kappa shape index (κ1) is 20.1. The Morgan fingerprint density at radius 1 is 1.27 bits per heavy atom. The molecule has 0 spiro atoms. The molecule has 1 fully saturated rings. The lowest BCUT2D eigenvalue weighted by molar-refractivity contribution is 0.0818. The number of para-hydroxylation sites is 1. The summed E-state index contributed by atoms with van der Waals surface area (Å²) in [5.74, 6) is -0.373. The van der Waals surface area contributed by atoms with E-state index in [1.54, 1.807) is 4.90 Å². The number of urea groups is 1. The number of rotatable bonds is 5. The molecular formula is C23H24FN3O3. The molecule has 2 heterocycles. The van der Waals surface area contributed by atoms with Crippen LogP contribution in [0.2, 0.25) is 0 Å². The van der Waals surface area contributed by atoms with Crippen molar-refractivity contribution >= 4 is 22.6 Å². The fraction of sp³-hybridized carbons (Fsp3) is 0.304. The summed E-state index contributed by atoms with van der Waals surface area (Å²) in [6.07, 6.45) is 1.76. The summed E-state index contributed by atoms with van der Waals surface area (Å²) in [5.41, 5.74) is 2.56. The van der Waals surface area contributed by atoms with Gasteiger partial charge in [-0.25, -0.2) is 9.18 Å². The van der Waals surface area contributed by atoms with Gasteiger partial charge < -0.3 is 19.9 Å². The molecule has 0 radical (unpaired) electrons. The summed E-state index contributed by atoms with van der Waals surface area (Å²) in [6.45, 7) is 3.14. The number of carbonyl (C=O) groups is 1. The van der Waals surface area contributed by atoms with Crippen LogP contribution >= 0.6 is 0 Å². The Balaban J connectivity index is 1.59. The SMILES string of the molecule is Cc1cccc2cc(CN(CC3CCCO3)C(=O)Nc3ccc(F)cc3)c(=O)[nH]c12. The minimum atomic E-state index is -0.373. The standard InChI is InChI=1S/C23H24FN3O3/c1-15-4-2-5-16-12-17(22(28)26-21(15)16)13-27(14-20-6-3-11-30-20)23(29)25-19-9-7-18(24)8-10-19/h2,4-5,7-10,12,20H,3,6,11,13-14H2,1H3,(H,25,29)(H,26,28). The number of amides is 2. The Hall–Kier alpha value is -3.19. The number of aromatic amines is 1. The van der Waals surface area contributed by atoms with E-state index in [1.165, 1.54) is 24.3 Å². The molecule has 4 rings (SSSR count). The monoisotopic (exact) mass is 409 g/mol. The van der Waals surface area contributed by atoms with E-state index in [4.69, 9.17) is 4.74 Å². The van der Waals surface area contributed by atoms with Gasteiger partial charge in [-0.2, -0.15) is 0 Å². The molecule has 1 aliphatic heterocycles. The van der Waals surface area contributed by atoms with Crippen LogP contribution in [0.25, 0.3) is 10.9 Å². The second kappa shape index (κ2) is 8.67. The van der Waals surface area contributed by atoms with Gasteiger partial charge in [0.05, 0.1) is 18.2 Å². The van der Waals surface area contributed by atoms with Gasteiger partial charge in [-0.05, 0) is 61.0 Å². The fourth-order valence-corrected chi connectivity index (χ4v) is 3.74. The lowest BCUT2D eigenvalue weighted by atomic mass is 10.1. The quantitative estimate of drug-likeness (QED) is 0.664. The highest BCUT2D eigenvalue weighted by Gasteiger charge is 2.24. The smallest absolute Gasteiger partial charge is 0.322 e. The third-order valence-corrected chi connectivity index (χ3v) is 5.36. The predicted octanol–water partition coefficient (Wildman–Crippen LogP) is 4.19. The Bertz CT molecular complexity index is 1100. The van der Waals surface area contributed by atoms with Gasteiger partial charge >= 0.3 is 6.03 Å². The normalized spacial score (nSPS) is 16.0. The number of H-pyrrole nitrogens is 1. The third-order valence-electron chi connectivity index (χ3n) is 5.36. The van der Waals surface area contributed by atoms with Gasteiger partial charge in [0.15, 0.2) is 0 Å². The van der Waals surface area contributed by atoms with Crippen molar-refractivity contribution in [3.8, 4) is 0 Å². The number of hydrogen-bond acceptors (Lipinski definition) is 3. The van der Waals surface area contributed by atoms with E-state index >= 15 is 0 Å². The molecule has 6 nitrogen and oxygen atoms in total. The Morgan fingerprint density at radius 3 is 2.80 bits per heavy atom. The minimum Gasteiger partial charge on any atom is -0.376 e. The minimum absolute atomic E-state index is 0.0641. The second-order valence-corrected chi connectivity index (χ2v) is 7.62. The number of benzene rings is 2. The molecule has 1 aliphatic rings. The van der Waals surface area contributed by atoms with Gasteiger partial charge in [-0.1, -0.05) is 18.2 Å². The fourth-order valence-electron chi connectivity index (χ4n) is 3.74. The van der Waals surface area contributed by atoms with Crippen LogP contribution in [0.15, 0.2) is 53.3 Å². The van der Waals surface area contributed by atoms with Gasteiger partial charge in [-0.3, -0.25) is 4.79 Å². The van der Waals surface area contributed by atoms with Gasteiger partial charge in [0.25, 0.3) is 5.56 Å². The largest absolute Gasteiger partial charge is 0.376 e. The van der Waals surface area contributed by atoms with Crippen LogP contribution in [0.3, 0.4) is 0 Å². The molecule has 0 bridgehead atoms. The molecule has 7 heteroatoms. The molecule has 1 atom stereocenters. The van der Waals surface area contributed by atoms with E-state index < -0.39 is 0 Å². The molecule has 1 aromatic heterocycles. The summed E-state index contributed by atoms with van der Waals surface area (Å²) < 4.78 is 18.9. The number of fused-ring (bicyclic) bond motifs is 1. The molecule has 2 amide bonds. The van der Waals surface area contributed by atoms with Crippen molar-refractivity contribution in [3.63, 3.8) is 0 Å². The molecule has 3 aromatic rings. The molecule has 1 saturated heterocycles. The number of ether oxygens (including phenoxy) is 1. The number of hydrogen-bond donors (Lipinski definition) is 2. The van der Waals surface area contributed by atoms with Crippen molar-refractivity contribution in [1.82, 2.24) is 9.88 Å². The zero-order chi connectivity index (χ0) is 21.1. The van der Waals surface area contributed by atoms with E-state index in [0.717, 1.165) is 29.3 Å². The number of nitrogens with zero attached hydrogens (tertiary/aromatic N) is 1. The number of pyridine rings is 1. The van der Waals surface area contributed by atoms with E-state index in [9.17, 15) is 14.0 Å². The highest BCUT2D eigenvalue weighted by molar-refractivity contribution is 5.89. The summed E-state index contributed by atoms with van der Waals surface area (Å²) >= 11 is 0. The van der Waals surface area contributed by atoms with Gasteiger partial charge in [0.1, 0.15) is 5.82 Å². The third kappa shape index (κ3) is 4.52. The van der Waals surface area contributed by atoms with Crippen molar-refractivity contribution in [2.75, 3.05) is 18.5 Å². The number of aromatic nitrogens is 1. The van der Waals surface area contributed by atoms with Crippen LogP contribution in [0.5, 0.6) is 0 Å². The van der Waals surface area contributed by atoms with E-state index in [2.05, 4.69) is 10.3 Å². The number of nitrogens with one attached hydrogen (secondary N) is 2. The average Bonchev–Trinajstić information content (AvgIpc) is 3.24. The van der Waals surface area contributed by atoms with Crippen molar-refractivity contribution in [1.29, 1.82) is 0 Å².